The van der Waals surface area contributed by atoms with Crippen molar-refractivity contribution in [2.24, 2.45) is 0 Å². The summed E-state index contributed by atoms with van der Waals surface area (Å²) in [4.78, 5) is 0. The van der Waals surface area contributed by atoms with Crippen LogP contribution in [0.3, 0.4) is 0 Å². The highest BCUT2D eigenvalue weighted by atomic mass is 19.3. The van der Waals surface area contributed by atoms with Crippen LogP contribution >= 0.6 is 0 Å². The van der Waals surface area contributed by atoms with Gasteiger partial charge in [-0.15, -0.1) is 0 Å². The van der Waals surface area contributed by atoms with Crippen molar-refractivity contribution in [3.8, 4) is 0 Å². The molecular weight excluding hydrogens is 227 g/mol. The largest absolute Gasteiger partial charge is 0.399 e. The molecule has 2 aromatic carbocycles. The fourth-order valence-electron chi connectivity index (χ4n) is 2.11. The summed E-state index contributed by atoms with van der Waals surface area (Å²) in [5.74, 6) is -4.11. The van der Waals surface area contributed by atoms with Crippen molar-refractivity contribution in [2.45, 2.75) is 19.8 Å². The van der Waals surface area contributed by atoms with E-state index in [9.17, 15) is 13.2 Å². The van der Waals surface area contributed by atoms with Gasteiger partial charge in [-0.05, 0) is 41.5 Å². The molecule has 1 nitrogen and oxygen atoms in total. The monoisotopic (exact) mass is 239 g/mol. The van der Waals surface area contributed by atoms with Crippen LogP contribution in [0.5, 0.6) is 0 Å². The van der Waals surface area contributed by atoms with Crippen LogP contribution in [0.15, 0.2) is 24.3 Å². The summed E-state index contributed by atoms with van der Waals surface area (Å²) in [6, 6.07) is 5.64. The average molecular weight is 239 g/mol. The van der Waals surface area contributed by atoms with E-state index in [-0.39, 0.29) is 5.39 Å². The first-order valence-electron chi connectivity index (χ1n) is 5.17. The Hall–Kier alpha value is -1.71. The third-order valence-corrected chi connectivity index (χ3v) is 2.73. The molecule has 90 valence electrons. The maximum Gasteiger partial charge on any atom is 0.273 e. The van der Waals surface area contributed by atoms with Crippen LogP contribution in [0.4, 0.5) is 18.9 Å². The van der Waals surface area contributed by atoms with E-state index in [1.54, 1.807) is 19.1 Å². The van der Waals surface area contributed by atoms with Gasteiger partial charge < -0.3 is 5.73 Å². The standard InChI is InChI=1S/C13H12F3N/c1-7-5-9(17)6-8-3-4-10(14)12(11(7)8)13(2,15)16/h3-6H,17H2,1-2H3. The second-order valence-electron chi connectivity index (χ2n) is 4.25. The highest BCUT2D eigenvalue weighted by Gasteiger charge is 2.31. The molecule has 0 aromatic heterocycles. The van der Waals surface area contributed by atoms with Gasteiger partial charge in [-0.2, -0.15) is 0 Å². The van der Waals surface area contributed by atoms with Crippen molar-refractivity contribution in [1.82, 2.24) is 0 Å². The first-order chi connectivity index (χ1) is 7.80. The Balaban J connectivity index is 2.95. The first kappa shape index (κ1) is 11.8. The summed E-state index contributed by atoms with van der Waals surface area (Å²) in [5.41, 5.74) is 6.11. The molecule has 0 saturated carbocycles. The normalized spacial score (nSPS) is 12.1. The number of alkyl halides is 2. The molecule has 0 aliphatic carbocycles. The Morgan fingerprint density at radius 1 is 1.18 bits per heavy atom. The number of halogens is 3. The Morgan fingerprint density at radius 3 is 2.41 bits per heavy atom. The van der Waals surface area contributed by atoms with Gasteiger partial charge in [0.15, 0.2) is 0 Å². The molecule has 0 atom stereocenters. The number of aryl methyl sites for hydroxylation is 1. The molecule has 0 bridgehead atoms. The van der Waals surface area contributed by atoms with Crippen molar-refractivity contribution in [1.29, 1.82) is 0 Å². The van der Waals surface area contributed by atoms with Gasteiger partial charge in [0.1, 0.15) is 5.82 Å². The van der Waals surface area contributed by atoms with Crippen LogP contribution < -0.4 is 5.73 Å². The minimum atomic E-state index is -3.22. The molecule has 0 unspecified atom stereocenters. The smallest absolute Gasteiger partial charge is 0.273 e. The molecular formula is C13H12F3N. The number of nitrogen functional groups attached to an aromatic ring is 1. The Labute approximate surface area is 97.0 Å². The van der Waals surface area contributed by atoms with Gasteiger partial charge in [-0.25, -0.2) is 13.2 Å². The molecule has 0 radical (unpaired) electrons. The zero-order valence-electron chi connectivity index (χ0n) is 9.52. The van der Waals surface area contributed by atoms with Gasteiger partial charge >= 0.3 is 0 Å². The van der Waals surface area contributed by atoms with E-state index in [0.29, 0.717) is 23.6 Å². The maximum absolute atomic E-state index is 13.6. The van der Waals surface area contributed by atoms with Gasteiger partial charge in [0.2, 0.25) is 0 Å². The van der Waals surface area contributed by atoms with E-state index in [4.69, 9.17) is 5.73 Å². The summed E-state index contributed by atoms with van der Waals surface area (Å²) in [6.07, 6.45) is 0. The second kappa shape index (κ2) is 3.65. The van der Waals surface area contributed by atoms with Gasteiger partial charge in [0, 0.05) is 12.6 Å². The molecule has 2 aromatic rings. The quantitative estimate of drug-likeness (QED) is 0.748. The molecule has 0 fully saturated rings. The molecule has 2 rings (SSSR count). The fraction of sp³-hybridized carbons (Fsp3) is 0.231. The SMILES string of the molecule is Cc1cc(N)cc2ccc(F)c(C(C)(F)F)c12. The minimum Gasteiger partial charge on any atom is -0.399 e. The first-order valence-corrected chi connectivity index (χ1v) is 5.17. The lowest BCUT2D eigenvalue weighted by molar-refractivity contribution is 0.0154. The number of benzene rings is 2. The highest BCUT2D eigenvalue weighted by Crippen LogP contribution is 2.37. The molecule has 0 heterocycles. The van der Waals surface area contributed by atoms with Crippen molar-refractivity contribution in [3.05, 3.63) is 41.2 Å². The number of fused-ring (bicyclic) bond motifs is 1. The van der Waals surface area contributed by atoms with Crippen molar-refractivity contribution >= 4 is 16.5 Å². The van der Waals surface area contributed by atoms with Crippen LogP contribution in [0.25, 0.3) is 10.8 Å². The van der Waals surface area contributed by atoms with E-state index in [1.807, 2.05) is 0 Å². The van der Waals surface area contributed by atoms with Gasteiger partial charge in [-0.3, -0.25) is 0 Å². The van der Waals surface area contributed by atoms with Crippen molar-refractivity contribution < 1.29 is 13.2 Å². The lowest BCUT2D eigenvalue weighted by atomic mass is 9.95. The van der Waals surface area contributed by atoms with Crippen LogP contribution in [0.1, 0.15) is 18.1 Å². The summed E-state index contributed by atoms with van der Waals surface area (Å²) in [5, 5.41) is 0.770. The number of rotatable bonds is 1. The van der Waals surface area contributed by atoms with Gasteiger partial charge in [0.25, 0.3) is 5.92 Å². The third-order valence-electron chi connectivity index (χ3n) is 2.73. The van der Waals surface area contributed by atoms with Gasteiger partial charge in [0.05, 0.1) is 5.56 Å². The highest BCUT2D eigenvalue weighted by molar-refractivity contribution is 5.91. The van der Waals surface area contributed by atoms with E-state index < -0.39 is 17.3 Å². The zero-order chi connectivity index (χ0) is 12.8. The summed E-state index contributed by atoms with van der Waals surface area (Å²) in [6.45, 7) is 2.34. The summed E-state index contributed by atoms with van der Waals surface area (Å²) < 4.78 is 40.5. The third kappa shape index (κ3) is 1.95. The van der Waals surface area contributed by atoms with E-state index in [2.05, 4.69) is 0 Å². The zero-order valence-corrected chi connectivity index (χ0v) is 9.52. The molecule has 2 N–H and O–H groups in total. The summed E-state index contributed by atoms with van der Waals surface area (Å²) >= 11 is 0. The molecule has 0 aliphatic heterocycles. The Bertz CT molecular complexity index is 585. The predicted molar refractivity (Wildman–Crippen MR) is 62.6 cm³/mol. The van der Waals surface area contributed by atoms with Crippen LogP contribution in [-0.4, -0.2) is 0 Å². The summed E-state index contributed by atoms with van der Waals surface area (Å²) in [7, 11) is 0. The fourth-order valence-corrected chi connectivity index (χ4v) is 2.11. The van der Waals surface area contributed by atoms with E-state index in [1.165, 1.54) is 6.07 Å². The lowest BCUT2D eigenvalue weighted by Gasteiger charge is -2.16. The molecule has 17 heavy (non-hydrogen) atoms. The average Bonchev–Trinajstić information content (AvgIpc) is 2.16. The maximum atomic E-state index is 13.6. The topological polar surface area (TPSA) is 26.0 Å². The van der Waals surface area contributed by atoms with Gasteiger partial charge in [-0.1, -0.05) is 6.07 Å². The number of anilines is 1. The van der Waals surface area contributed by atoms with E-state index >= 15 is 0 Å². The van der Waals surface area contributed by atoms with Crippen LogP contribution in [-0.2, 0) is 5.92 Å². The minimum absolute atomic E-state index is 0.242. The number of nitrogens with two attached hydrogens (primary N) is 1. The predicted octanol–water partition coefficient (Wildman–Crippen LogP) is 3.98. The molecule has 0 saturated heterocycles. The number of hydrogen-bond acceptors (Lipinski definition) is 1. The van der Waals surface area contributed by atoms with Crippen molar-refractivity contribution in [3.63, 3.8) is 0 Å². The Morgan fingerprint density at radius 2 is 1.82 bits per heavy atom. The van der Waals surface area contributed by atoms with Crippen LogP contribution in [0.2, 0.25) is 0 Å². The molecule has 4 heteroatoms. The molecule has 0 amide bonds. The lowest BCUT2D eigenvalue weighted by Crippen LogP contribution is -2.11. The van der Waals surface area contributed by atoms with E-state index in [0.717, 1.165) is 6.07 Å². The second-order valence-corrected chi connectivity index (χ2v) is 4.25. The van der Waals surface area contributed by atoms with Crippen LogP contribution in [0, 0.1) is 12.7 Å². The van der Waals surface area contributed by atoms with Crippen molar-refractivity contribution in [2.75, 3.05) is 5.73 Å². The Kier molecular flexibility index (Phi) is 2.53. The number of hydrogen-bond donors (Lipinski definition) is 1. The molecule has 0 aliphatic rings. The molecule has 0 spiro atoms.